The van der Waals surface area contributed by atoms with E-state index in [1.807, 2.05) is 27.7 Å². The number of aryl methyl sites for hydroxylation is 1. The number of carbonyl (C=O) groups is 1. The zero-order chi connectivity index (χ0) is 10.8. The number of carbonyl (C=O) groups excluding carboxylic acids is 1. The van der Waals surface area contributed by atoms with Crippen molar-refractivity contribution in [2.24, 2.45) is 0 Å². The quantitative estimate of drug-likeness (QED) is 0.738. The van der Waals surface area contributed by atoms with Crippen molar-refractivity contribution >= 4 is 5.91 Å². The molecule has 1 amide bonds. The summed E-state index contributed by atoms with van der Waals surface area (Å²) < 4.78 is 0. The van der Waals surface area contributed by atoms with E-state index < -0.39 is 0 Å². The minimum absolute atomic E-state index is 0.205. The van der Waals surface area contributed by atoms with Gasteiger partial charge in [0.2, 0.25) is 5.82 Å². The van der Waals surface area contributed by atoms with Gasteiger partial charge in [0.05, 0.1) is 0 Å². The second-order valence-electron chi connectivity index (χ2n) is 4.16. The normalized spacial score (nSPS) is 11.4. The van der Waals surface area contributed by atoms with E-state index in [2.05, 4.69) is 20.5 Å². The van der Waals surface area contributed by atoms with Crippen LogP contribution in [0.4, 0.5) is 0 Å². The molecule has 0 spiro atoms. The molecule has 0 fully saturated rings. The van der Waals surface area contributed by atoms with Crippen LogP contribution in [0.15, 0.2) is 0 Å². The molecule has 0 saturated carbocycles. The number of nitrogens with zero attached hydrogens (tertiary/aromatic N) is 2. The summed E-state index contributed by atoms with van der Waals surface area (Å²) in [6, 6.07) is 0. The van der Waals surface area contributed by atoms with E-state index in [1.165, 1.54) is 0 Å². The third kappa shape index (κ3) is 2.83. The van der Waals surface area contributed by atoms with E-state index in [9.17, 15) is 4.79 Å². The maximum atomic E-state index is 11.5. The Bertz CT molecular complexity index is 324. The lowest BCUT2D eigenvalue weighted by Crippen LogP contribution is -2.41. The van der Waals surface area contributed by atoms with E-state index in [0.29, 0.717) is 0 Å². The summed E-state index contributed by atoms with van der Waals surface area (Å²) in [5, 5.41) is 9.31. The first-order chi connectivity index (χ1) is 6.42. The average Bonchev–Trinajstić information content (AvgIpc) is 2.48. The summed E-state index contributed by atoms with van der Waals surface area (Å²) >= 11 is 0. The lowest BCUT2D eigenvalue weighted by molar-refractivity contribution is 0.0909. The van der Waals surface area contributed by atoms with Gasteiger partial charge in [-0.25, -0.2) is 4.98 Å². The topological polar surface area (TPSA) is 70.7 Å². The molecule has 0 radical (unpaired) electrons. The van der Waals surface area contributed by atoms with Crippen LogP contribution in [0.1, 0.15) is 44.1 Å². The standard InChI is InChI=1S/C9H16N4O/c1-5-6-10-7(13-12-6)8(14)11-9(2,3)4/h5H2,1-4H3,(H,11,14)(H,10,12,13). The summed E-state index contributed by atoms with van der Waals surface area (Å²) in [7, 11) is 0. The van der Waals surface area contributed by atoms with Crippen molar-refractivity contribution in [3.63, 3.8) is 0 Å². The molecule has 0 bridgehead atoms. The van der Waals surface area contributed by atoms with Gasteiger partial charge in [0, 0.05) is 12.0 Å². The highest BCUT2D eigenvalue weighted by Crippen LogP contribution is 2.01. The number of amides is 1. The minimum Gasteiger partial charge on any atom is -0.345 e. The summed E-state index contributed by atoms with van der Waals surface area (Å²) in [6.07, 6.45) is 0.746. The molecule has 1 aromatic rings. The molecule has 0 aromatic carbocycles. The van der Waals surface area contributed by atoms with Crippen LogP contribution in [0.2, 0.25) is 0 Å². The van der Waals surface area contributed by atoms with E-state index in [-0.39, 0.29) is 17.3 Å². The van der Waals surface area contributed by atoms with Crippen LogP contribution in [0.5, 0.6) is 0 Å². The second kappa shape index (κ2) is 3.77. The third-order valence-corrected chi connectivity index (χ3v) is 1.56. The Morgan fingerprint density at radius 1 is 1.50 bits per heavy atom. The molecule has 0 aliphatic heterocycles. The molecule has 14 heavy (non-hydrogen) atoms. The van der Waals surface area contributed by atoms with Crippen LogP contribution in [-0.4, -0.2) is 26.6 Å². The Labute approximate surface area is 83.3 Å². The van der Waals surface area contributed by atoms with Gasteiger partial charge in [-0.3, -0.25) is 9.89 Å². The van der Waals surface area contributed by atoms with Gasteiger partial charge in [0.25, 0.3) is 5.91 Å². The van der Waals surface area contributed by atoms with Gasteiger partial charge >= 0.3 is 0 Å². The lowest BCUT2D eigenvalue weighted by atomic mass is 10.1. The molecule has 0 aliphatic rings. The SMILES string of the molecule is CCc1nc(C(=O)NC(C)(C)C)n[nH]1. The van der Waals surface area contributed by atoms with Gasteiger partial charge in [-0.15, -0.1) is 5.10 Å². The van der Waals surface area contributed by atoms with Gasteiger partial charge < -0.3 is 5.32 Å². The van der Waals surface area contributed by atoms with Crippen molar-refractivity contribution in [1.82, 2.24) is 20.5 Å². The number of H-pyrrole nitrogens is 1. The molecule has 1 aromatic heterocycles. The largest absolute Gasteiger partial charge is 0.345 e. The Kier molecular flexibility index (Phi) is 2.88. The predicted octanol–water partition coefficient (Wildman–Crippen LogP) is 0.895. The molecule has 5 nitrogen and oxygen atoms in total. The van der Waals surface area contributed by atoms with Crippen molar-refractivity contribution in [3.05, 3.63) is 11.6 Å². The molecule has 0 aliphatic carbocycles. The highest BCUT2D eigenvalue weighted by atomic mass is 16.2. The molecule has 0 unspecified atom stereocenters. The average molecular weight is 196 g/mol. The molecule has 1 heterocycles. The van der Waals surface area contributed by atoms with Gasteiger partial charge in [-0.05, 0) is 20.8 Å². The minimum atomic E-state index is -0.260. The van der Waals surface area contributed by atoms with Crippen LogP contribution in [0, 0.1) is 0 Å². The Morgan fingerprint density at radius 2 is 2.14 bits per heavy atom. The Morgan fingerprint density at radius 3 is 2.57 bits per heavy atom. The molecule has 1 rings (SSSR count). The van der Waals surface area contributed by atoms with Crippen molar-refractivity contribution in [2.75, 3.05) is 0 Å². The summed E-state index contributed by atoms with van der Waals surface area (Å²) in [5.41, 5.74) is -0.260. The van der Waals surface area contributed by atoms with Crippen molar-refractivity contribution in [1.29, 1.82) is 0 Å². The number of aromatic nitrogens is 3. The van der Waals surface area contributed by atoms with E-state index in [4.69, 9.17) is 0 Å². The van der Waals surface area contributed by atoms with Crippen LogP contribution in [-0.2, 0) is 6.42 Å². The Hall–Kier alpha value is -1.39. The van der Waals surface area contributed by atoms with Gasteiger partial charge in [0.15, 0.2) is 0 Å². The highest BCUT2D eigenvalue weighted by molar-refractivity contribution is 5.90. The summed E-state index contributed by atoms with van der Waals surface area (Å²) in [6.45, 7) is 7.70. The number of aromatic amines is 1. The van der Waals surface area contributed by atoms with Gasteiger partial charge in [0.1, 0.15) is 5.82 Å². The maximum absolute atomic E-state index is 11.5. The highest BCUT2D eigenvalue weighted by Gasteiger charge is 2.18. The van der Waals surface area contributed by atoms with Crippen molar-refractivity contribution in [2.45, 2.75) is 39.7 Å². The lowest BCUT2D eigenvalue weighted by Gasteiger charge is -2.18. The Balaban J connectivity index is 2.70. The van der Waals surface area contributed by atoms with Crippen LogP contribution in [0.3, 0.4) is 0 Å². The first-order valence-electron chi connectivity index (χ1n) is 4.66. The van der Waals surface area contributed by atoms with Crippen molar-refractivity contribution < 1.29 is 4.79 Å². The molecule has 0 atom stereocenters. The summed E-state index contributed by atoms with van der Waals surface area (Å²) in [4.78, 5) is 15.6. The fraction of sp³-hybridized carbons (Fsp3) is 0.667. The number of rotatable bonds is 2. The monoisotopic (exact) mass is 196 g/mol. The van der Waals surface area contributed by atoms with Crippen LogP contribution >= 0.6 is 0 Å². The molecular weight excluding hydrogens is 180 g/mol. The smallest absolute Gasteiger partial charge is 0.291 e. The van der Waals surface area contributed by atoms with Gasteiger partial charge in [-0.1, -0.05) is 6.92 Å². The van der Waals surface area contributed by atoms with Crippen LogP contribution < -0.4 is 5.32 Å². The zero-order valence-electron chi connectivity index (χ0n) is 9.01. The van der Waals surface area contributed by atoms with E-state index >= 15 is 0 Å². The van der Waals surface area contributed by atoms with Gasteiger partial charge in [-0.2, -0.15) is 0 Å². The fourth-order valence-electron chi connectivity index (χ4n) is 0.951. The molecule has 2 N–H and O–H groups in total. The number of hydrogen-bond donors (Lipinski definition) is 2. The molecule has 0 saturated heterocycles. The molecule has 78 valence electrons. The molecule has 5 heteroatoms. The van der Waals surface area contributed by atoms with E-state index in [0.717, 1.165) is 12.2 Å². The number of hydrogen-bond acceptors (Lipinski definition) is 3. The van der Waals surface area contributed by atoms with Crippen LogP contribution in [0.25, 0.3) is 0 Å². The number of nitrogens with one attached hydrogen (secondary N) is 2. The first-order valence-corrected chi connectivity index (χ1v) is 4.66. The summed E-state index contributed by atoms with van der Waals surface area (Å²) in [5.74, 6) is 0.689. The predicted molar refractivity (Wildman–Crippen MR) is 53.0 cm³/mol. The maximum Gasteiger partial charge on any atom is 0.291 e. The third-order valence-electron chi connectivity index (χ3n) is 1.56. The zero-order valence-corrected chi connectivity index (χ0v) is 9.01. The van der Waals surface area contributed by atoms with E-state index in [1.54, 1.807) is 0 Å². The fourth-order valence-corrected chi connectivity index (χ4v) is 0.951. The second-order valence-corrected chi connectivity index (χ2v) is 4.16. The van der Waals surface area contributed by atoms with Crippen molar-refractivity contribution in [3.8, 4) is 0 Å². The molecular formula is C9H16N4O. The first kappa shape index (κ1) is 10.7.